The zero-order valence-corrected chi connectivity index (χ0v) is 18.2. The lowest BCUT2D eigenvalue weighted by Crippen LogP contribution is -2.38. The van der Waals surface area contributed by atoms with Crippen LogP contribution in [0.2, 0.25) is 0 Å². The average Bonchev–Trinajstić information content (AvgIpc) is 3.33. The molecule has 2 aromatic carbocycles. The Labute approximate surface area is 190 Å². The number of esters is 1. The molecule has 0 atom stereocenters. The molecule has 9 heteroatoms. The van der Waals surface area contributed by atoms with Gasteiger partial charge < -0.3 is 19.7 Å². The predicted octanol–water partition coefficient (Wildman–Crippen LogP) is 3.19. The van der Waals surface area contributed by atoms with E-state index in [2.05, 4.69) is 10.4 Å². The van der Waals surface area contributed by atoms with Crippen LogP contribution in [-0.2, 0) is 14.3 Å². The summed E-state index contributed by atoms with van der Waals surface area (Å²) in [6, 6.07) is 16.0. The van der Waals surface area contributed by atoms with Gasteiger partial charge in [0.05, 0.1) is 24.5 Å². The first-order valence-electron chi connectivity index (χ1n) is 10.7. The van der Waals surface area contributed by atoms with E-state index in [1.165, 1.54) is 0 Å². The number of anilines is 2. The normalized spacial score (nSPS) is 12.5. The van der Waals surface area contributed by atoms with E-state index in [9.17, 15) is 14.4 Å². The number of carbonyl (C=O) groups excluding carboxylic acids is 3. The van der Waals surface area contributed by atoms with E-state index in [0.717, 1.165) is 11.4 Å². The summed E-state index contributed by atoms with van der Waals surface area (Å²) in [5.41, 5.74) is 2.28. The molecular weight excluding hydrogens is 424 g/mol. The van der Waals surface area contributed by atoms with Crippen LogP contribution in [0.1, 0.15) is 30.3 Å². The monoisotopic (exact) mass is 448 g/mol. The van der Waals surface area contributed by atoms with Gasteiger partial charge in [0, 0.05) is 24.7 Å². The minimum absolute atomic E-state index is 0.0716. The molecule has 1 N–H and O–H groups in total. The topological polar surface area (TPSA) is 103 Å². The highest BCUT2D eigenvalue weighted by molar-refractivity contribution is 5.99. The molecule has 1 aromatic heterocycles. The number of carbonyl (C=O) groups is 3. The van der Waals surface area contributed by atoms with Crippen molar-refractivity contribution in [3.05, 3.63) is 66.5 Å². The summed E-state index contributed by atoms with van der Waals surface area (Å²) < 4.78 is 12.1. The third kappa shape index (κ3) is 5.20. The second-order valence-electron chi connectivity index (χ2n) is 7.32. The van der Waals surface area contributed by atoms with Crippen LogP contribution in [-0.4, -0.2) is 47.3 Å². The number of para-hydroxylation sites is 2. The smallest absolute Gasteiger partial charge is 0.358 e. The number of nitrogens with zero attached hydrogens (tertiary/aromatic N) is 3. The molecule has 0 unspecified atom stereocenters. The van der Waals surface area contributed by atoms with E-state index < -0.39 is 5.97 Å². The van der Waals surface area contributed by atoms with Crippen molar-refractivity contribution >= 4 is 29.2 Å². The summed E-state index contributed by atoms with van der Waals surface area (Å²) in [5.74, 6) is -0.169. The van der Waals surface area contributed by atoms with E-state index in [1.54, 1.807) is 53.0 Å². The molecule has 1 aliphatic heterocycles. The summed E-state index contributed by atoms with van der Waals surface area (Å²) in [6.07, 6.45) is 1.83. The van der Waals surface area contributed by atoms with Crippen molar-refractivity contribution in [1.29, 1.82) is 0 Å². The van der Waals surface area contributed by atoms with E-state index in [4.69, 9.17) is 9.47 Å². The minimum atomic E-state index is -0.477. The number of aromatic nitrogens is 2. The van der Waals surface area contributed by atoms with Crippen LogP contribution < -0.4 is 15.0 Å². The number of benzene rings is 2. The molecule has 4 rings (SSSR count). The van der Waals surface area contributed by atoms with Gasteiger partial charge in [-0.05, 0) is 49.4 Å². The van der Waals surface area contributed by atoms with Crippen molar-refractivity contribution in [1.82, 2.24) is 9.78 Å². The highest BCUT2D eigenvalue weighted by Gasteiger charge is 2.23. The number of hydrogen-bond donors (Lipinski definition) is 1. The summed E-state index contributed by atoms with van der Waals surface area (Å²) in [4.78, 5) is 38.4. The molecule has 0 spiro atoms. The van der Waals surface area contributed by atoms with E-state index in [0.29, 0.717) is 24.6 Å². The molecule has 0 aliphatic carbocycles. The molecule has 9 nitrogen and oxygen atoms in total. The number of nitrogens with one attached hydrogen (secondary N) is 1. The third-order valence-electron chi connectivity index (χ3n) is 5.08. The number of amides is 2. The maximum atomic E-state index is 12.7. The van der Waals surface area contributed by atoms with Crippen molar-refractivity contribution in [2.24, 2.45) is 0 Å². The van der Waals surface area contributed by atoms with Gasteiger partial charge in [0.2, 0.25) is 11.8 Å². The highest BCUT2D eigenvalue weighted by Crippen LogP contribution is 2.31. The van der Waals surface area contributed by atoms with Gasteiger partial charge in [-0.3, -0.25) is 9.59 Å². The highest BCUT2D eigenvalue weighted by atomic mass is 16.5. The molecule has 0 saturated heterocycles. The number of ether oxygens (including phenoxy) is 2. The van der Waals surface area contributed by atoms with Gasteiger partial charge in [-0.1, -0.05) is 12.1 Å². The number of fused-ring (bicyclic) bond motifs is 1. The Morgan fingerprint density at radius 3 is 2.64 bits per heavy atom. The lowest BCUT2D eigenvalue weighted by molar-refractivity contribution is -0.122. The van der Waals surface area contributed by atoms with Gasteiger partial charge in [0.1, 0.15) is 12.4 Å². The molecule has 33 heavy (non-hydrogen) atoms. The van der Waals surface area contributed by atoms with Gasteiger partial charge in [-0.2, -0.15) is 5.10 Å². The number of hydrogen-bond acceptors (Lipinski definition) is 6. The fourth-order valence-corrected chi connectivity index (χ4v) is 3.49. The van der Waals surface area contributed by atoms with E-state index in [1.807, 2.05) is 24.3 Å². The van der Waals surface area contributed by atoms with Gasteiger partial charge in [0.25, 0.3) is 0 Å². The Bertz CT molecular complexity index is 1160. The van der Waals surface area contributed by atoms with Crippen LogP contribution >= 0.6 is 0 Å². The molecule has 0 saturated carbocycles. The second kappa shape index (κ2) is 9.99. The molecule has 0 radical (unpaired) electrons. The molecule has 0 fully saturated rings. The van der Waals surface area contributed by atoms with Gasteiger partial charge >= 0.3 is 5.97 Å². The van der Waals surface area contributed by atoms with Gasteiger partial charge in [0.15, 0.2) is 5.69 Å². The molecule has 2 heterocycles. The van der Waals surface area contributed by atoms with Crippen molar-refractivity contribution < 1.29 is 23.9 Å². The first-order valence-corrected chi connectivity index (χ1v) is 10.7. The van der Waals surface area contributed by atoms with Crippen molar-refractivity contribution in [2.45, 2.75) is 19.8 Å². The van der Waals surface area contributed by atoms with Gasteiger partial charge in [-0.15, -0.1) is 0 Å². The standard InChI is InChI=1S/C24H24N4O5/c1-2-32-24(31)19-13-14-28(26-19)18-9-7-17(8-10-18)25-22(29)11-12-23(30)27-15-16-33-21-6-4-3-5-20(21)27/h3-10,13-14H,2,11-12,15-16H2,1H3,(H,25,29). The summed E-state index contributed by atoms with van der Waals surface area (Å²) in [7, 11) is 0. The average molecular weight is 448 g/mol. The van der Waals surface area contributed by atoms with Crippen LogP contribution in [0, 0.1) is 0 Å². The van der Waals surface area contributed by atoms with Crippen molar-refractivity contribution in [3.63, 3.8) is 0 Å². The maximum absolute atomic E-state index is 12.7. The van der Waals surface area contributed by atoms with Crippen LogP contribution in [0.25, 0.3) is 5.69 Å². The lowest BCUT2D eigenvalue weighted by atomic mass is 10.2. The molecule has 3 aromatic rings. The van der Waals surface area contributed by atoms with Crippen molar-refractivity contribution in [3.8, 4) is 11.4 Å². The zero-order valence-electron chi connectivity index (χ0n) is 18.2. The van der Waals surface area contributed by atoms with Crippen LogP contribution in [0.15, 0.2) is 60.8 Å². The first-order chi connectivity index (χ1) is 16.0. The number of rotatable bonds is 7. The van der Waals surface area contributed by atoms with E-state index in [-0.39, 0.29) is 37.0 Å². The SMILES string of the molecule is CCOC(=O)c1ccn(-c2ccc(NC(=O)CCC(=O)N3CCOc4ccccc43)cc2)n1. The Morgan fingerprint density at radius 1 is 1.06 bits per heavy atom. The minimum Gasteiger partial charge on any atom is -0.490 e. The van der Waals surface area contributed by atoms with Gasteiger partial charge in [-0.25, -0.2) is 9.48 Å². The molecule has 170 valence electrons. The predicted molar refractivity (Wildman–Crippen MR) is 122 cm³/mol. The van der Waals surface area contributed by atoms with Crippen LogP contribution in [0.5, 0.6) is 5.75 Å². The first kappa shape index (κ1) is 22.1. The quantitative estimate of drug-likeness (QED) is 0.557. The Morgan fingerprint density at radius 2 is 1.85 bits per heavy atom. The maximum Gasteiger partial charge on any atom is 0.358 e. The lowest BCUT2D eigenvalue weighted by Gasteiger charge is -2.29. The fourth-order valence-electron chi connectivity index (χ4n) is 3.49. The van der Waals surface area contributed by atoms with Crippen molar-refractivity contribution in [2.75, 3.05) is 30.0 Å². The Kier molecular flexibility index (Phi) is 6.68. The van der Waals surface area contributed by atoms with Crippen LogP contribution in [0.3, 0.4) is 0 Å². The summed E-state index contributed by atoms with van der Waals surface area (Å²) >= 11 is 0. The third-order valence-corrected chi connectivity index (χ3v) is 5.08. The largest absolute Gasteiger partial charge is 0.490 e. The molecular formula is C24H24N4O5. The molecule has 2 amide bonds. The summed E-state index contributed by atoms with van der Waals surface area (Å²) in [6.45, 7) is 2.91. The Balaban J connectivity index is 1.31. The molecule has 0 bridgehead atoms. The second-order valence-corrected chi connectivity index (χ2v) is 7.32. The zero-order chi connectivity index (χ0) is 23.2. The van der Waals surface area contributed by atoms with E-state index >= 15 is 0 Å². The van der Waals surface area contributed by atoms with Crippen LogP contribution in [0.4, 0.5) is 11.4 Å². The molecule has 1 aliphatic rings. The Hall–Kier alpha value is -4.14. The summed E-state index contributed by atoms with van der Waals surface area (Å²) in [5, 5.41) is 7.00. The fraction of sp³-hybridized carbons (Fsp3) is 0.250.